The number of ether oxygens (including phenoxy) is 1. The fourth-order valence-electron chi connectivity index (χ4n) is 1.50. The normalized spacial score (nSPS) is 16.4. The number of carbonyl (C=O) groups is 1. The van der Waals surface area contributed by atoms with Gasteiger partial charge in [-0.1, -0.05) is 19.3 Å². The molecule has 1 fully saturated rings. The summed E-state index contributed by atoms with van der Waals surface area (Å²) < 4.78 is 4.68. The third-order valence-electron chi connectivity index (χ3n) is 2.50. The minimum absolute atomic E-state index is 0.406. The molecule has 0 unspecified atom stereocenters. The van der Waals surface area contributed by atoms with Crippen LogP contribution >= 0.6 is 0 Å². The Hall–Kier alpha value is -0.730. The van der Waals surface area contributed by atoms with Crippen LogP contribution in [0, 0.1) is 5.92 Å². The van der Waals surface area contributed by atoms with Gasteiger partial charge in [0.1, 0.15) is 0 Å². The second-order valence-electron chi connectivity index (χ2n) is 3.52. The van der Waals surface area contributed by atoms with Gasteiger partial charge in [-0.25, -0.2) is 10.1 Å². The van der Waals surface area contributed by atoms with E-state index in [-0.39, 0.29) is 0 Å². The molecule has 0 heterocycles. The van der Waals surface area contributed by atoms with E-state index >= 15 is 0 Å². The number of nitrogens with zero attached hydrogens (tertiary/aromatic N) is 1. The fourth-order valence-corrected chi connectivity index (χ4v) is 1.50. The molecule has 0 bridgehead atoms. The molecule has 1 saturated carbocycles. The monoisotopic (exact) mass is 184 g/mol. The Kier molecular flexibility index (Phi) is 4.65. The summed E-state index contributed by atoms with van der Waals surface area (Å²) in [6.07, 6.45) is 5.99. The molecule has 0 aromatic rings. The minimum atomic E-state index is -0.406. The Morgan fingerprint density at radius 2 is 2.31 bits per heavy atom. The first-order chi connectivity index (χ1) is 6.33. The van der Waals surface area contributed by atoms with Crippen LogP contribution in [0.5, 0.6) is 0 Å². The lowest BCUT2D eigenvalue weighted by atomic mass is 9.82. The summed E-state index contributed by atoms with van der Waals surface area (Å²) in [4.78, 5) is 10.8. The van der Waals surface area contributed by atoms with Crippen LogP contribution in [-0.2, 0) is 4.74 Å². The largest absolute Gasteiger partial charge is 0.448 e. The van der Waals surface area contributed by atoms with Gasteiger partial charge in [-0.3, -0.25) is 0 Å². The lowest BCUT2D eigenvalue weighted by Crippen LogP contribution is -2.19. The number of amides is 1. The van der Waals surface area contributed by atoms with E-state index in [4.69, 9.17) is 0 Å². The zero-order valence-corrected chi connectivity index (χ0v) is 8.29. The lowest BCUT2D eigenvalue weighted by Gasteiger charge is -2.24. The molecule has 3 nitrogen and oxygen atoms in total. The zero-order valence-electron chi connectivity index (χ0n) is 8.29. The van der Waals surface area contributed by atoms with Gasteiger partial charge in [0.2, 0.25) is 0 Å². The van der Waals surface area contributed by atoms with Crippen molar-refractivity contribution in [2.24, 2.45) is 5.92 Å². The van der Waals surface area contributed by atoms with Gasteiger partial charge in [0.05, 0.1) is 6.61 Å². The maximum Gasteiger partial charge on any atom is 0.428 e. The van der Waals surface area contributed by atoms with Gasteiger partial charge in [0.15, 0.2) is 0 Å². The van der Waals surface area contributed by atoms with E-state index in [0.29, 0.717) is 13.2 Å². The van der Waals surface area contributed by atoms with Gasteiger partial charge in [-0.2, -0.15) is 0 Å². The Bertz CT molecular complexity index is 155. The topological polar surface area (TPSA) is 40.4 Å². The second kappa shape index (κ2) is 5.84. The van der Waals surface area contributed by atoms with E-state index in [1.807, 2.05) is 0 Å². The van der Waals surface area contributed by atoms with Crippen molar-refractivity contribution in [3.8, 4) is 0 Å². The molecule has 0 spiro atoms. The molecule has 13 heavy (non-hydrogen) atoms. The van der Waals surface area contributed by atoms with Crippen LogP contribution in [0.15, 0.2) is 0 Å². The van der Waals surface area contributed by atoms with Crippen molar-refractivity contribution >= 4 is 6.09 Å². The van der Waals surface area contributed by atoms with Crippen LogP contribution in [0.1, 0.15) is 39.0 Å². The number of rotatable bonds is 5. The maximum atomic E-state index is 10.8. The standard InChI is InChI=1S/C10H18NO2/c1-2-13-10(12)11-8-4-7-9-5-3-6-9/h9H,2-8H2,1H3. The van der Waals surface area contributed by atoms with E-state index in [1.165, 1.54) is 25.7 Å². The summed E-state index contributed by atoms with van der Waals surface area (Å²) in [5.41, 5.74) is 0. The molecular formula is C10H18NO2. The molecule has 1 rings (SSSR count). The van der Waals surface area contributed by atoms with Crippen LogP contribution in [0.2, 0.25) is 0 Å². The summed E-state index contributed by atoms with van der Waals surface area (Å²) in [6.45, 7) is 2.85. The Morgan fingerprint density at radius 3 is 2.85 bits per heavy atom. The van der Waals surface area contributed by atoms with Crippen molar-refractivity contribution < 1.29 is 9.53 Å². The molecule has 75 valence electrons. The first-order valence-corrected chi connectivity index (χ1v) is 5.17. The number of hydrogen-bond donors (Lipinski definition) is 0. The molecular weight excluding hydrogens is 166 g/mol. The molecule has 0 aliphatic heterocycles. The van der Waals surface area contributed by atoms with E-state index < -0.39 is 6.09 Å². The Morgan fingerprint density at radius 1 is 1.54 bits per heavy atom. The van der Waals surface area contributed by atoms with Crippen LogP contribution in [0.25, 0.3) is 0 Å². The molecule has 0 aromatic carbocycles. The van der Waals surface area contributed by atoms with Crippen LogP contribution < -0.4 is 5.32 Å². The molecule has 3 heteroatoms. The van der Waals surface area contributed by atoms with Crippen molar-refractivity contribution in [2.45, 2.75) is 39.0 Å². The molecule has 0 atom stereocenters. The van der Waals surface area contributed by atoms with Gasteiger partial charge in [0.25, 0.3) is 0 Å². The smallest absolute Gasteiger partial charge is 0.428 e. The van der Waals surface area contributed by atoms with Gasteiger partial charge in [-0.15, -0.1) is 0 Å². The highest BCUT2D eigenvalue weighted by atomic mass is 16.5. The van der Waals surface area contributed by atoms with E-state index in [2.05, 4.69) is 10.1 Å². The van der Waals surface area contributed by atoms with E-state index in [9.17, 15) is 4.79 Å². The van der Waals surface area contributed by atoms with Crippen molar-refractivity contribution in [1.29, 1.82) is 0 Å². The van der Waals surface area contributed by atoms with E-state index in [1.54, 1.807) is 6.92 Å². The van der Waals surface area contributed by atoms with Crippen molar-refractivity contribution in [2.75, 3.05) is 13.2 Å². The van der Waals surface area contributed by atoms with Gasteiger partial charge in [0, 0.05) is 6.54 Å². The average molecular weight is 184 g/mol. The predicted octanol–water partition coefficient (Wildman–Crippen LogP) is 2.33. The third-order valence-corrected chi connectivity index (χ3v) is 2.50. The average Bonchev–Trinajstić information content (AvgIpc) is 2.01. The summed E-state index contributed by atoms with van der Waals surface area (Å²) in [7, 11) is 0. The first kappa shape index (κ1) is 10.4. The summed E-state index contributed by atoms with van der Waals surface area (Å²) in [5, 5.41) is 3.78. The fraction of sp³-hybridized carbons (Fsp3) is 0.900. The van der Waals surface area contributed by atoms with E-state index in [0.717, 1.165) is 12.3 Å². The summed E-state index contributed by atoms with van der Waals surface area (Å²) >= 11 is 0. The SMILES string of the molecule is CCOC(=O)[N]CCCC1CCC1. The summed E-state index contributed by atoms with van der Waals surface area (Å²) in [6, 6.07) is 0. The van der Waals surface area contributed by atoms with Crippen LogP contribution in [0.4, 0.5) is 4.79 Å². The zero-order chi connectivity index (χ0) is 9.52. The minimum Gasteiger partial charge on any atom is -0.448 e. The van der Waals surface area contributed by atoms with Gasteiger partial charge in [-0.05, 0) is 25.7 Å². The van der Waals surface area contributed by atoms with Crippen LogP contribution in [0.3, 0.4) is 0 Å². The van der Waals surface area contributed by atoms with Gasteiger partial charge >= 0.3 is 6.09 Å². The molecule has 0 saturated heterocycles. The molecule has 1 radical (unpaired) electrons. The quantitative estimate of drug-likeness (QED) is 0.615. The Balaban J connectivity index is 1.85. The second-order valence-corrected chi connectivity index (χ2v) is 3.52. The summed E-state index contributed by atoms with van der Waals surface area (Å²) in [5.74, 6) is 0.914. The molecule has 1 amide bonds. The van der Waals surface area contributed by atoms with Crippen molar-refractivity contribution in [3.05, 3.63) is 0 Å². The highest BCUT2D eigenvalue weighted by Gasteiger charge is 2.16. The lowest BCUT2D eigenvalue weighted by molar-refractivity contribution is 0.150. The number of hydrogen-bond acceptors (Lipinski definition) is 2. The predicted molar refractivity (Wildman–Crippen MR) is 50.6 cm³/mol. The first-order valence-electron chi connectivity index (χ1n) is 5.17. The van der Waals surface area contributed by atoms with Gasteiger partial charge < -0.3 is 4.74 Å². The molecule has 0 aromatic heterocycles. The molecule has 1 aliphatic carbocycles. The Labute approximate surface area is 79.8 Å². The molecule has 1 aliphatic rings. The van der Waals surface area contributed by atoms with Crippen LogP contribution in [-0.4, -0.2) is 19.2 Å². The maximum absolute atomic E-state index is 10.8. The third kappa shape index (κ3) is 4.15. The van der Waals surface area contributed by atoms with Crippen molar-refractivity contribution in [1.82, 2.24) is 5.32 Å². The molecule has 0 N–H and O–H groups in total. The highest BCUT2D eigenvalue weighted by molar-refractivity contribution is 5.66. The highest BCUT2D eigenvalue weighted by Crippen LogP contribution is 2.30. The van der Waals surface area contributed by atoms with Crippen molar-refractivity contribution in [3.63, 3.8) is 0 Å². The number of carbonyl (C=O) groups excluding carboxylic acids is 1.